The summed E-state index contributed by atoms with van der Waals surface area (Å²) >= 11 is 0. The highest BCUT2D eigenvalue weighted by Crippen LogP contribution is 2.51. The van der Waals surface area contributed by atoms with Crippen LogP contribution in [0.25, 0.3) is 0 Å². The Morgan fingerprint density at radius 1 is 1.00 bits per heavy atom. The van der Waals surface area contributed by atoms with Gasteiger partial charge in [-0.05, 0) is 50.0 Å². The lowest BCUT2D eigenvalue weighted by Crippen LogP contribution is -2.74. The Bertz CT molecular complexity index is 1310. The second kappa shape index (κ2) is 13.1. The van der Waals surface area contributed by atoms with Crippen LogP contribution in [0, 0.1) is 23.7 Å². The molecule has 0 spiro atoms. The van der Waals surface area contributed by atoms with Crippen LogP contribution in [0.5, 0.6) is 5.75 Å². The van der Waals surface area contributed by atoms with Crippen LogP contribution in [-0.4, -0.2) is 129 Å². The Labute approximate surface area is 255 Å². The Kier molecular flexibility index (Phi) is 10.0. The number of methoxy groups -OCH3 is 4. The van der Waals surface area contributed by atoms with Crippen LogP contribution in [0.15, 0.2) is 12.1 Å². The van der Waals surface area contributed by atoms with Crippen molar-refractivity contribution in [3.8, 4) is 5.75 Å². The standard InChI is InChI=1S/C30H41N3O11/c1-32(2)24-17-10-15-9-16-14(11-33(12-19(41-3)42-4)13-20(43-5)44-6)7-8-18(34)22(16)25(35)21(15)27(37)30(17,40)28(38)23(26(24)36)29(31)39/h7-8,15,17,19-21,23-24,34,40H,9-13H2,1-6H3,(H2,31,39)/t15-,17-,21?,23?,24?,30+/m1/s1. The van der Waals surface area contributed by atoms with Gasteiger partial charge in [0.15, 0.2) is 47.2 Å². The third kappa shape index (κ3) is 5.60. The van der Waals surface area contributed by atoms with Gasteiger partial charge in [-0.2, -0.15) is 0 Å². The lowest BCUT2D eigenvalue weighted by molar-refractivity contribution is -0.181. The van der Waals surface area contributed by atoms with Crippen molar-refractivity contribution >= 4 is 29.0 Å². The number of nitrogens with zero attached hydrogens (tertiary/aromatic N) is 2. The molecule has 44 heavy (non-hydrogen) atoms. The Hall–Kier alpha value is -3.11. The van der Waals surface area contributed by atoms with Crippen molar-refractivity contribution in [2.45, 2.75) is 43.6 Å². The van der Waals surface area contributed by atoms with E-state index in [1.54, 1.807) is 20.2 Å². The van der Waals surface area contributed by atoms with Gasteiger partial charge in [0.25, 0.3) is 0 Å². The van der Waals surface area contributed by atoms with E-state index in [2.05, 4.69) is 0 Å². The van der Waals surface area contributed by atoms with Gasteiger partial charge >= 0.3 is 0 Å². The van der Waals surface area contributed by atoms with E-state index in [0.717, 1.165) is 0 Å². The topological polar surface area (TPSA) is 195 Å². The molecule has 0 aromatic heterocycles. The summed E-state index contributed by atoms with van der Waals surface area (Å²) in [5.41, 5.74) is 3.73. The summed E-state index contributed by atoms with van der Waals surface area (Å²) in [5, 5.41) is 22.6. The van der Waals surface area contributed by atoms with E-state index < -0.39 is 76.9 Å². The van der Waals surface area contributed by atoms with E-state index in [4.69, 9.17) is 24.7 Å². The number of hydrogen-bond acceptors (Lipinski definition) is 13. The number of carbonyl (C=O) groups is 5. The highest BCUT2D eigenvalue weighted by Gasteiger charge is 2.69. The van der Waals surface area contributed by atoms with Gasteiger partial charge in [-0.3, -0.25) is 33.8 Å². The number of aromatic hydroxyl groups is 1. The van der Waals surface area contributed by atoms with Gasteiger partial charge in [0.05, 0.1) is 30.6 Å². The fourth-order valence-corrected chi connectivity index (χ4v) is 7.17. The number of benzene rings is 1. The smallest absolute Gasteiger partial charge is 0.235 e. The van der Waals surface area contributed by atoms with E-state index in [9.17, 15) is 34.2 Å². The fourth-order valence-electron chi connectivity index (χ4n) is 7.17. The van der Waals surface area contributed by atoms with Gasteiger partial charge in [0, 0.05) is 40.9 Å². The number of ether oxygens (including phenoxy) is 4. The first-order valence-electron chi connectivity index (χ1n) is 14.3. The number of amides is 1. The summed E-state index contributed by atoms with van der Waals surface area (Å²) in [6, 6.07) is 1.88. The Morgan fingerprint density at radius 2 is 1.57 bits per heavy atom. The quantitative estimate of drug-likeness (QED) is 0.189. The number of ketones is 4. The molecule has 1 amide bonds. The van der Waals surface area contributed by atoms with E-state index in [1.165, 1.54) is 39.4 Å². The molecule has 4 N–H and O–H groups in total. The van der Waals surface area contributed by atoms with Crippen LogP contribution in [0.3, 0.4) is 0 Å². The SMILES string of the molecule is COC(CN(Cc1ccc(O)c2c1C[C@@H]1C[C@@H]3C(N(C)C)C(=O)C(C(N)=O)C(=O)[C@@]3(O)C(=O)C1C2=O)CC(OC)OC)OC. The summed E-state index contributed by atoms with van der Waals surface area (Å²) in [5.74, 6) is -10.9. The lowest BCUT2D eigenvalue weighted by atomic mass is 9.52. The van der Waals surface area contributed by atoms with Crippen LogP contribution >= 0.6 is 0 Å². The minimum atomic E-state index is -2.77. The van der Waals surface area contributed by atoms with E-state index in [1.807, 2.05) is 4.90 Å². The molecule has 3 aliphatic carbocycles. The molecule has 0 heterocycles. The van der Waals surface area contributed by atoms with Crippen LogP contribution < -0.4 is 5.73 Å². The molecule has 1 aromatic rings. The maximum Gasteiger partial charge on any atom is 0.235 e. The molecule has 0 radical (unpaired) electrons. The molecule has 14 nitrogen and oxygen atoms in total. The number of carbonyl (C=O) groups excluding carboxylic acids is 5. The predicted molar refractivity (Wildman–Crippen MR) is 152 cm³/mol. The summed E-state index contributed by atoms with van der Waals surface area (Å²) in [4.78, 5) is 70.3. The minimum absolute atomic E-state index is 0.0342. The fraction of sp³-hybridized carbons (Fsp3) is 0.633. The summed E-state index contributed by atoms with van der Waals surface area (Å²) in [7, 11) is 9.11. The molecule has 1 aromatic carbocycles. The Morgan fingerprint density at radius 3 is 2.07 bits per heavy atom. The molecule has 3 unspecified atom stereocenters. The van der Waals surface area contributed by atoms with Crippen molar-refractivity contribution in [3.05, 3.63) is 28.8 Å². The van der Waals surface area contributed by atoms with E-state index >= 15 is 0 Å². The van der Waals surface area contributed by atoms with E-state index in [0.29, 0.717) is 24.2 Å². The molecule has 4 rings (SSSR count). The second-order valence-electron chi connectivity index (χ2n) is 11.9. The molecule has 242 valence electrons. The van der Waals surface area contributed by atoms with Gasteiger partial charge in [-0.25, -0.2) is 0 Å². The first kappa shape index (κ1) is 33.8. The molecular weight excluding hydrogens is 578 g/mol. The molecule has 2 saturated carbocycles. The molecule has 0 bridgehead atoms. The van der Waals surface area contributed by atoms with Crippen LogP contribution in [0.2, 0.25) is 0 Å². The molecule has 2 fully saturated rings. The van der Waals surface area contributed by atoms with Crippen molar-refractivity contribution in [1.82, 2.24) is 9.80 Å². The number of nitrogens with two attached hydrogens (primary N) is 1. The minimum Gasteiger partial charge on any atom is -0.507 e. The zero-order valence-corrected chi connectivity index (χ0v) is 25.8. The summed E-state index contributed by atoms with van der Waals surface area (Å²) in [6.45, 7) is 0.864. The number of fused-ring (bicyclic) bond motifs is 3. The predicted octanol–water partition coefficient (Wildman–Crippen LogP) is -1.09. The molecule has 14 heteroatoms. The van der Waals surface area contributed by atoms with Crippen molar-refractivity contribution in [1.29, 1.82) is 0 Å². The van der Waals surface area contributed by atoms with Crippen molar-refractivity contribution in [2.24, 2.45) is 29.4 Å². The van der Waals surface area contributed by atoms with Gasteiger partial charge < -0.3 is 34.9 Å². The number of phenols is 1. The monoisotopic (exact) mass is 619 g/mol. The van der Waals surface area contributed by atoms with E-state index in [-0.39, 0.29) is 30.7 Å². The molecule has 0 aliphatic heterocycles. The number of Topliss-reactive ketones (excluding diaryl/α,β-unsaturated/α-hetero) is 4. The number of phenolic OH excluding ortho intramolecular Hbond substituents is 1. The average molecular weight is 620 g/mol. The van der Waals surface area contributed by atoms with Crippen LogP contribution in [0.4, 0.5) is 0 Å². The largest absolute Gasteiger partial charge is 0.507 e. The number of rotatable bonds is 12. The van der Waals surface area contributed by atoms with Crippen molar-refractivity contribution < 1.29 is 53.1 Å². The van der Waals surface area contributed by atoms with Crippen LogP contribution in [-0.2, 0) is 51.1 Å². The number of primary amides is 1. The maximum absolute atomic E-state index is 14.0. The zero-order valence-electron chi connectivity index (χ0n) is 25.8. The molecule has 6 atom stereocenters. The number of hydrogen-bond donors (Lipinski definition) is 3. The molecule has 3 aliphatic rings. The lowest BCUT2D eigenvalue weighted by Gasteiger charge is -2.52. The third-order valence-electron chi connectivity index (χ3n) is 9.30. The van der Waals surface area contributed by atoms with Crippen molar-refractivity contribution in [2.75, 3.05) is 55.6 Å². The maximum atomic E-state index is 14.0. The zero-order chi connectivity index (χ0) is 32.7. The average Bonchev–Trinajstić information content (AvgIpc) is 2.97. The number of aliphatic hydroxyl groups is 1. The van der Waals surface area contributed by atoms with Gasteiger partial charge in [0.2, 0.25) is 5.91 Å². The highest BCUT2D eigenvalue weighted by atomic mass is 16.7. The second-order valence-corrected chi connectivity index (χ2v) is 11.9. The van der Waals surface area contributed by atoms with Gasteiger partial charge in [-0.1, -0.05) is 6.07 Å². The number of likely N-dealkylation sites (N-methyl/N-ethyl adjacent to an activating group) is 1. The molecular formula is C30H41N3O11. The first-order chi connectivity index (χ1) is 20.8. The highest BCUT2D eigenvalue weighted by molar-refractivity contribution is 6.32. The van der Waals surface area contributed by atoms with Crippen molar-refractivity contribution in [3.63, 3.8) is 0 Å². The Balaban J connectivity index is 1.77. The van der Waals surface area contributed by atoms with Gasteiger partial charge in [0.1, 0.15) is 5.75 Å². The summed E-state index contributed by atoms with van der Waals surface area (Å²) < 4.78 is 21.6. The third-order valence-corrected chi connectivity index (χ3v) is 9.30. The van der Waals surface area contributed by atoms with Crippen LogP contribution in [0.1, 0.15) is 27.9 Å². The normalized spacial score (nSPS) is 28.6. The molecule has 0 saturated heterocycles. The first-order valence-corrected chi connectivity index (χ1v) is 14.3. The summed E-state index contributed by atoms with van der Waals surface area (Å²) in [6.07, 6.45) is -1.07. The van der Waals surface area contributed by atoms with Gasteiger partial charge in [-0.15, -0.1) is 0 Å².